The van der Waals surface area contributed by atoms with Gasteiger partial charge in [0.2, 0.25) is 5.91 Å². The van der Waals surface area contributed by atoms with Crippen molar-refractivity contribution in [3.63, 3.8) is 0 Å². The molecule has 1 amide bonds. The van der Waals surface area contributed by atoms with Crippen LogP contribution in [0.5, 0.6) is 0 Å². The highest BCUT2D eigenvalue weighted by atomic mass is 16.2. The van der Waals surface area contributed by atoms with Gasteiger partial charge in [-0.3, -0.25) is 14.5 Å². The lowest BCUT2D eigenvalue weighted by Crippen LogP contribution is -2.55. The Morgan fingerprint density at radius 2 is 2.07 bits per heavy atom. The van der Waals surface area contributed by atoms with Gasteiger partial charge in [0, 0.05) is 53.0 Å². The number of hydrogen-bond acceptors (Lipinski definition) is 4. The minimum absolute atomic E-state index is 0.0587. The number of carbonyl (C=O) groups excluding carboxylic acids is 1. The maximum absolute atomic E-state index is 12.6. The normalized spacial score (nSPS) is 15.4. The summed E-state index contributed by atoms with van der Waals surface area (Å²) in [7, 11) is 5.71. The lowest BCUT2D eigenvalue weighted by atomic mass is 10.2. The number of nitrogens with one attached hydrogen (secondary N) is 1. The van der Waals surface area contributed by atoms with Crippen LogP contribution in [0.15, 0.2) is 47.7 Å². The second kappa shape index (κ2) is 9.36. The number of aliphatic imine (C=N–C) groups is 1. The van der Waals surface area contributed by atoms with Gasteiger partial charge in [-0.25, -0.2) is 0 Å². The minimum atomic E-state index is 0.0587. The lowest BCUT2D eigenvalue weighted by Gasteiger charge is -2.35. The molecule has 1 fully saturated rings. The van der Waals surface area contributed by atoms with Crippen LogP contribution < -0.4 is 10.2 Å². The van der Waals surface area contributed by atoms with Crippen LogP contribution >= 0.6 is 0 Å². The van der Waals surface area contributed by atoms with E-state index < -0.39 is 0 Å². The predicted octanol–water partition coefficient (Wildman–Crippen LogP) is 0.776. The van der Waals surface area contributed by atoms with E-state index in [1.807, 2.05) is 24.2 Å². The zero-order valence-corrected chi connectivity index (χ0v) is 16.9. The third-order valence-electron chi connectivity index (χ3n) is 4.81. The number of likely N-dealkylation sites (N-methyl/N-ethyl adjacent to an activating group) is 1. The van der Waals surface area contributed by atoms with Crippen LogP contribution in [-0.2, 0) is 18.4 Å². The lowest BCUT2D eigenvalue weighted by molar-refractivity contribution is -0.120. The Hall–Kier alpha value is -2.87. The molecule has 1 saturated heterocycles. The third-order valence-corrected chi connectivity index (χ3v) is 4.81. The van der Waals surface area contributed by atoms with E-state index >= 15 is 0 Å². The molecule has 8 heteroatoms. The maximum Gasteiger partial charge on any atom is 0.246 e. The van der Waals surface area contributed by atoms with Gasteiger partial charge in [-0.1, -0.05) is 30.3 Å². The van der Waals surface area contributed by atoms with Crippen molar-refractivity contribution in [3.05, 3.63) is 48.3 Å². The molecule has 1 aromatic heterocycles. The summed E-state index contributed by atoms with van der Waals surface area (Å²) in [6, 6.07) is 10.4. The Labute approximate surface area is 166 Å². The summed E-state index contributed by atoms with van der Waals surface area (Å²) in [4.78, 5) is 23.0. The smallest absolute Gasteiger partial charge is 0.246 e. The van der Waals surface area contributed by atoms with Crippen LogP contribution in [0, 0.1) is 0 Å². The van der Waals surface area contributed by atoms with Crippen LogP contribution in [0.2, 0.25) is 0 Å². The van der Waals surface area contributed by atoms with E-state index in [4.69, 9.17) is 0 Å². The molecule has 0 atom stereocenters. The highest BCUT2D eigenvalue weighted by molar-refractivity contribution is 5.98. The number of hydrogen-bond donors (Lipinski definition) is 1. The Bertz CT molecular complexity index is 802. The molecule has 150 valence electrons. The maximum atomic E-state index is 12.6. The van der Waals surface area contributed by atoms with E-state index in [0.717, 1.165) is 37.8 Å². The summed E-state index contributed by atoms with van der Waals surface area (Å²) in [5, 5.41) is 7.53. The molecule has 8 nitrogen and oxygen atoms in total. The van der Waals surface area contributed by atoms with E-state index in [1.54, 1.807) is 22.8 Å². The zero-order valence-electron chi connectivity index (χ0n) is 16.9. The molecule has 2 heterocycles. The number of rotatable bonds is 6. The second-order valence-corrected chi connectivity index (χ2v) is 7.04. The standard InChI is InChI=1S/C20H29N7O/c1-21-20(22-9-10-24(2)14-17-7-5-4-6-8-17)26-11-12-27(19(28)16-26)18-13-23-25(3)15-18/h4-8,13,15H,9-12,14,16H2,1-3H3,(H,21,22). The van der Waals surface area contributed by atoms with E-state index in [2.05, 4.69) is 51.6 Å². The van der Waals surface area contributed by atoms with Gasteiger partial charge in [0.05, 0.1) is 11.9 Å². The average Bonchev–Trinajstić information content (AvgIpc) is 3.12. The van der Waals surface area contributed by atoms with Crippen molar-refractivity contribution in [1.29, 1.82) is 0 Å². The number of guanidine groups is 1. The van der Waals surface area contributed by atoms with Crippen LogP contribution in [0.1, 0.15) is 5.56 Å². The molecule has 1 aromatic carbocycles. The highest BCUT2D eigenvalue weighted by Gasteiger charge is 2.27. The highest BCUT2D eigenvalue weighted by Crippen LogP contribution is 2.16. The molecular weight excluding hydrogens is 354 g/mol. The summed E-state index contributed by atoms with van der Waals surface area (Å²) in [5.74, 6) is 0.829. The molecule has 0 aliphatic carbocycles. The van der Waals surface area contributed by atoms with Crippen LogP contribution in [0.4, 0.5) is 5.69 Å². The van der Waals surface area contributed by atoms with Gasteiger partial charge >= 0.3 is 0 Å². The Morgan fingerprint density at radius 3 is 2.71 bits per heavy atom. The molecule has 28 heavy (non-hydrogen) atoms. The summed E-state index contributed by atoms with van der Waals surface area (Å²) < 4.78 is 1.71. The Morgan fingerprint density at radius 1 is 1.29 bits per heavy atom. The monoisotopic (exact) mass is 383 g/mol. The van der Waals surface area contributed by atoms with Crippen molar-refractivity contribution < 1.29 is 4.79 Å². The number of piperazine rings is 1. The fourth-order valence-electron chi connectivity index (χ4n) is 3.34. The van der Waals surface area contributed by atoms with Crippen LogP contribution in [0.25, 0.3) is 0 Å². The van der Waals surface area contributed by atoms with Gasteiger partial charge in [-0.2, -0.15) is 5.10 Å². The van der Waals surface area contributed by atoms with Gasteiger partial charge in [0.25, 0.3) is 0 Å². The van der Waals surface area contributed by atoms with E-state index in [9.17, 15) is 4.79 Å². The largest absolute Gasteiger partial charge is 0.355 e. The molecule has 1 aliphatic rings. The number of benzene rings is 1. The first-order valence-electron chi connectivity index (χ1n) is 9.54. The van der Waals surface area contributed by atoms with Crippen molar-refractivity contribution in [2.75, 3.05) is 51.7 Å². The number of carbonyl (C=O) groups is 1. The molecule has 1 aliphatic heterocycles. The molecule has 3 rings (SSSR count). The van der Waals surface area contributed by atoms with Crippen molar-refractivity contribution in [3.8, 4) is 0 Å². The van der Waals surface area contributed by atoms with Crippen molar-refractivity contribution in [2.24, 2.45) is 12.0 Å². The molecule has 0 unspecified atom stereocenters. The van der Waals surface area contributed by atoms with Crippen molar-refractivity contribution >= 4 is 17.6 Å². The molecular formula is C20H29N7O. The van der Waals surface area contributed by atoms with Gasteiger partial charge < -0.3 is 20.0 Å². The molecule has 0 spiro atoms. The number of aromatic nitrogens is 2. The van der Waals surface area contributed by atoms with Crippen LogP contribution in [-0.4, -0.2) is 78.3 Å². The third kappa shape index (κ3) is 5.10. The summed E-state index contributed by atoms with van der Waals surface area (Å²) >= 11 is 0. The summed E-state index contributed by atoms with van der Waals surface area (Å²) in [6.45, 7) is 4.24. The van der Waals surface area contributed by atoms with Crippen molar-refractivity contribution in [1.82, 2.24) is 24.9 Å². The van der Waals surface area contributed by atoms with Gasteiger partial charge in [0.15, 0.2) is 5.96 Å². The van der Waals surface area contributed by atoms with Gasteiger partial charge in [0.1, 0.15) is 6.54 Å². The Kier molecular flexibility index (Phi) is 6.65. The predicted molar refractivity (Wildman–Crippen MR) is 111 cm³/mol. The van der Waals surface area contributed by atoms with Gasteiger partial charge in [-0.15, -0.1) is 0 Å². The number of aryl methyl sites for hydroxylation is 1. The quantitative estimate of drug-likeness (QED) is 0.590. The topological polar surface area (TPSA) is 69.0 Å². The first-order valence-corrected chi connectivity index (χ1v) is 9.54. The minimum Gasteiger partial charge on any atom is -0.355 e. The van der Waals surface area contributed by atoms with Crippen molar-refractivity contribution in [2.45, 2.75) is 6.54 Å². The number of anilines is 1. The fourth-order valence-corrected chi connectivity index (χ4v) is 3.34. The van der Waals surface area contributed by atoms with E-state index in [1.165, 1.54) is 5.56 Å². The molecule has 0 radical (unpaired) electrons. The second-order valence-electron chi connectivity index (χ2n) is 7.04. The summed E-state index contributed by atoms with van der Waals surface area (Å²) in [6.07, 6.45) is 3.59. The number of amides is 1. The SMILES string of the molecule is CN=C(NCCN(C)Cc1ccccc1)N1CCN(c2cnn(C)c2)C(=O)C1. The fraction of sp³-hybridized carbons (Fsp3) is 0.450. The molecule has 0 saturated carbocycles. The molecule has 2 aromatic rings. The average molecular weight is 384 g/mol. The number of nitrogens with zero attached hydrogens (tertiary/aromatic N) is 6. The summed E-state index contributed by atoms with van der Waals surface area (Å²) in [5.41, 5.74) is 2.14. The first-order chi connectivity index (χ1) is 13.6. The first kappa shape index (κ1) is 19.9. The molecule has 0 bridgehead atoms. The van der Waals surface area contributed by atoms with Crippen LogP contribution in [0.3, 0.4) is 0 Å². The molecule has 1 N–H and O–H groups in total. The van der Waals surface area contributed by atoms with E-state index in [-0.39, 0.29) is 5.91 Å². The zero-order chi connectivity index (χ0) is 19.9. The van der Waals surface area contributed by atoms with E-state index in [0.29, 0.717) is 13.1 Å². The van der Waals surface area contributed by atoms with Gasteiger partial charge in [-0.05, 0) is 12.6 Å². The Balaban J connectivity index is 1.46.